The number of hydrogen-bond acceptors (Lipinski definition) is 3. The van der Waals surface area contributed by atoms with Crippen molar-refractivity contribution >= 4 is 5.91 Å². The minimum Gasteiger partial charge on any atom is -0.396 e. The van der Waals surface area contributed by atoms with Gasteiger partial charge in [0, 0.05) is 25.2 Å². The third-order valence-electron chi connectivity index (χ3n) is 5.22. The lowest BCUT2D eigenvalue weighted by Gasteiger charge is -2.35. The Morgan fingerprint density at radius 2 is 1.79 bits per heavy atom. The number of rotatable bonds is 7. The van der Waals surface area contributed by atoms with Crippen LogP contribution in [-0.4, -0.2) is 53.1 Å². The fourth-order valence-corrected chi connectivity index (χ4v) is 3.54. The van der Waals surface area contributed by atoms with Gasteiger partial charge in [-0.3, -0.25) is 9.69 Å². The summed E-state index contributed by atoms with van der Waals surface area (Å²) in [6, 6.07) is 10.8. The average molecular weight is 332 g/mol. The van der Waals surface area contributed by atoms with Gasteiger partial charge in [0.1, 0.15) is 0 Å². The SMILES string of the molecule is CC(C)N(Cc1ccccc1)C(=O)CN(C)C1CCC(CO)CC1. The van der Waals surface area contributed by atoms with Crippen LogP contribution in [0.5, 0.6) is 0 Å². The molecule has 1 aromatic carbocycles. The molecule has 0 bridgehead atoms. The number of aliphatic hydroxyl groups is 1. The van der Waals surface area contributed by atoms with Gasteiger partial charge in [0.15, 0.2) is 0 Å². The number of nitrogens with zero attached hydrogens (tertiary/aromatic N) is 2. The number of aliphatic hydroxyl groups excluding tert-OH is 1. The average Bonchev–Trinajstić information content (AvgIpc) is 2.60. The van der Waals surface area contributed by atoms with Gasteiger partial charge < -0.3 is 10.0 Å². The topological polar surface area (TPSA) is 43.8 Å². The number of benzene rings is 1. The van der Waals surface area contributed by atoms with Crippen molar-refractivity contribution in [3.63, 3.8) is 0 Å². The molecule has 24 heavy (non-hydrogen) atoms. The lowest BCUT2D eigenvalue weighted by Crippen LogP contribution is -2.46. The minimum atomic E-state index is 0.191. The Kier molecular flexibility index (Phi) is 7.25. The van der Waals surface area contributed by atoms with Crippen molar-refractivity contribution in [2.45, 2.75) is 58.2 Å². The van der Waals surface area contributed by atoms with Crippen molar-refractivity contribution in [3.8, 4) is 0 Å². The highest BCUT2D eigenvalue weighted by Gasteiger charge is 2.26. The molecule has 4 nitrogen and oxygen atoms in total. The van der Waals surface area contributed by atoms with Crippen LogP contribution in [-0.2, 0) is 11.3 Å². The molecule has 0 atom stereocenters. The van der Waals surface area contributed by atoms with Crippen LogP contribution in [0.25, 0.3) is 0 Å². The summed E-state index contributed by atoms with van der Waals surface area (Å²) in [7, 11) is 2.06. The van der Waals surface area contributed by atoms with E-state index in [-0.39, 0.29) is 11.9 Å². The lowest BCUT2D eigenvalue weighted by atomic mass is 9.86. The second-order valence-electron chi connectivity index (χ2n) is 7.37. The first kappa shape index (κ1) is 18.9. The third-order valence-corrected chi connectivity index (χ3v) is 5.22. The molecule has 1 aliphatic rings. The molecule has 0 spiro atoms. The Morgan fingerprint density at radius 3 is 2.33 bits per heavy atom. The standard InChI is InChI=1S/C20H32N2O2/c1-16(2)22(13-17-7-5-4-6-8-17)20(24)14-21(3)19-11-9-18(15-23)10-12-19/h4-8,16,18-19,23H,9-15H2,1-3H3. The van der Waals surface area contributed by atoms with Gasteiger partial charge in [-0.1, -0.05) is 30.3 Å². The maximum absolute atomic E-state index is 12.8. The van der Waals surface area contributed by atoms with Crippen molar-refractivity contribution in [2.24, 2.45) is 5.92 Å². The molecule has 1 aliphatic carbocycles. The summed E-state index contributed by atoms with van der Waals surface area (Å²) in [5.74, 6) is 0.649. The molecule has 0 unspecified atom stereocenters. The summed E-state index contributed by atoms with van der Waals surface area (Å²) < 4.78 is 0. The number of carbonyl (C=O) groups is 1. The first-order chi connectivity index (χ1) is 11.5. The molecule has 0 heterocycles. The van der Waals surface area contributed by atoms with E-state index < -0.39 is 0 Å². The van der Waals surface area contributed by atoms with E-state index in [4.69, 9.17) is 0 Å². The zero-order valence-electron chi connectivity index (χ0n) is 15.3. The number of hydrogen-bond donors (Lipinski definition) is 1. The van der Waals surface area contributed by atoms with Crippen molar-refractivity contribution < 1.29 is 9.90 Å². The van der Waals surface area contributed by atoms with Crippen molar-refractivity contribution in [1.82, 2.24) is 9.80 Å². The molecule has 1 aromatic rings. The van der Waals surface area contributed by atoms with Gasteiger partial charge in [-0.15, -0.1) is 0 Å². The molecule has 2 rings (SSSR count). The maximum Gasteiger partial charge on any atom is 0.237 e. The van der Waals surface area contributed by atoms with Gasteiger partial charge in [0.05, 0.1) is 6.54 Å². The Morgan fingerprint density at radius 1 is 1.17 bits per heavy atom. The molecule has 0 radical (unpaired) electrons. The van der Waals surface area contributed by atoms with Crippen molar-refractivity contribution in [1.29, 1.82) is 0 Å². The quantitative estimate of drug-likeness (QED) is 0.835. The van der Waals surface area contributed by atoms with Gasteiger partial charge >= 0.3 is 0 Å². The van der Waals surface area contributed by atoms with Crippen LogP contribution in [0.2, 0.25) is 0 Å². The molecule has 134 valence electrons. The predicted molar refractivity (Wildman–Crippen MR) is 97.6 cm³/mol. The number of amides is 1. The van der Waals surface area contributed by atoms with E-state index in [9.17, 15) is 9.90 Å². The van der Waals surface area contributed by atoms with Crippen molar-refractivity contribution in [3.05, 3.63) is 35.9 Å². The highest BCUT2D eigenvalue weighted by molar-refractivity contribution is 5.78. The maximum atomic E-state index is 12.8. The first-order valence-electron chi connectivity index (χ1n) is 9.15. The second-order valence-corrected chi connectivity index (χ2v) is 7.37. The van der Waals surface area contributed by atoms with E-state index in [1.165, 1.54) is 5.56 Å². The molecule has 1 N–H and O–H groups in total. The van der Waals surface area contributed by atoms with Crippen LogP contribution in [0, 0.1) is 5.92 Å². The van der Waals surface area contributed by atoms with Gasteiger partial charge in [-0.25, -0.2) is 0 Å². The predicted octanol–water partition coefficient (Wildman–Crippen LogP) is 2.91. The molecule has 1 fully saturated rings. The minimum absolute atomic E-state index is 0.191. The lowest BCUT2D eigenvalue weighted by molar-refractivity contribution is -0.135. The Hall–Kier alpha value is -1.39. The molecule has 0 aromatic heterocycles. The summed E-state index contributed by atoms with van der Waals surface area (Å²) in [6.45, 7) is 5.59. The molecule has 4 heteroatoms. The normalized spacial score (nSPS) is 21.2. The fraction of sp³-hybridized carbons (Fsp3) is 0.650. The number of likely N-dealkylation sites (N-methyl/N-ethyl adjacent to an activating group) is 1. The molecule has 0 saturated heterocycles. The molecular weight excluding hydrogens is 300 g/mol. The zero-order chi connectivity index (χ0) is 17.5. The highest BCUT2D eigenvalue weighted by atomic mass is 16.3. The van der Waals surface area contributed by atoms with E-state index in [1.54, 1.807) is 0 Å². The van der Waals surface area contributed by atoms with E-state index in [0.717, 1.165) is 25.7 Å². The van der Waals surface area contributed by atoms with E-state index in [1.807, 2.05) is 23.1 Å². The van der Waals surface area contributed by atoms with E-state index in [0.29, 0.717) is 31.7 Å². The Balaban J connectivity index is 1.90. The summed E-state index contributed by atoms with van der Waals surface area (Å²) >= 11 is 0. The molecule has 1 amide bonds. The summed E-state index contributed by atoms with van der Waals surface area (Å²) in [5.41, 5.74) is 1.17. The van der Waals surface area contributed by atoms with Gasteiger partial charge in [-0.2, -0.15) is 0 Å². The molecule has 0 aliphatic heterocycles. The molecular formula is C20H32N2O2. The monoisotopic (exact) mass is 332 g/mol. The van der Waals surface area contributed by atoms with Gasteiger partial charge in [0.2, 0.25) is 5.91 Å². The summed E-state index contributed by atoms with van der Waals surface area (Å²) in [5, 5.41) is 9.26. The summed E-state index contributed by atoms with van der Waals surface area (Å²) in [4.78, 5) is 17.0. The Bertz CT molecular complexity index is 496. The van der Waals surface area contributed by atoms with Crippen LogP contribution < -0.4 is 0 Å². The smallest absolute Gasteiger partial charge is 0.237 e. The molecule has 1 saturated carbocycles. The van der Waals surface area contributed by atoms with Crippen molar-refractivity contribution in [2.75, 3.05) is 20.2 Å². The second kappa shape index (κ2) is 9.19. The van der Waals surface area contributed by atoms with Crippen LogP contribution >= 0.6 is 0 Å². The zero-order valence-corrected chi connectivity index (χ0v) is 15.3. The fourth-order valence-electron chi connectivity index (χ4n) is 3.54. The Labute approximate surface area is 146 Å². The third kappa shape index (κ3) is 5.32. The van der Waals surface area contributed by atoms with Crippen LogP contribution in [0.3, 0.4) is 0 Å². The van der Waals surface area contributed by atoms with Gasteiger partial charge in [0.25, 0.3) is 0 Å². The van der Waals surface area contributed by atoms with E-state index >= 15 is 0 Å². The van der Waals surface area contributed by atoms with Crippen LogP contribution in [0.15, 0.2) is 30.3 Å². The summed E-state index contributed by atoms with van der Waals surface area (Å²) in [6.07, 6.45) is 4.29. The van der Waals surface area contributed by atoms with Gasteiger partial charge in [-0.05, 0) is 58.1 Å². The number of carbonyl (C=O) groups excluding carboxylic acids is 1. The highest BCUT2D eigenvalue weighted by Crippen LogP contribution is 2.26. The van der Waals surface area contributed by atoms with E-state index in [2.05, 4.69) is 37.9 Å². The largest absolute Gasteiger partial charge is 0.396 e. The first-order valence-corrected chi connectivity index (χ1v) is 9.15. The van der Waals surface area contributed by atoms with Crippen LogP contribution in [0.1, 0.15) is 45.1 Å². The van der Waals surface area contributed by atoms with Crippen LogP contribution in [0.4, 0.5) is 0 Å².